The molecule has 2 aliphatic rings. The highest BCUT2D eigenvalue weighted by molar-refractivity contribution is 5.74. The maximum Gasteiger partial charge on any atom is 0.317 e. The predicted octanol–water partition coefficient (Wildman–Crippen LogP) is 3.47. The van der Waals surface area contributed by atoms with Gasteiger partial charge in [0.2, 0.25) is 0 Å². The second-order valence-electron chi connectivity index (χ2n) is 7.09. The Balaban J connectivity index is 1.42. The van der Waals surface area contributed by atoms with E-state index in [4.69, 9.17) is 9.47 Å². The number of ether oxygens (including phenoxy) is 2. The van der Waals surface area contributed by atoms with Crippen LogP contribution in [0.4, 0.5) is 4.79 Å². The van der Waals surface area contributed by atoms with Gasteiger partial charge in [-0.1, -0.05) is 37.1 Å². The van der Waals surface area contributed by atoms with Gasteiger partial charge in [0.05, 0.1) is 18.8 Å². The number of benzene rings is 1. The molecular weight excluding hydrogens is 316 g/mol. The van der Waals surface area contributed by atoms with Crippen LogP contribution in [0.15, 0.2) is 24.3 Å². The van der Waals surface area contributed by atoms with E-state index < -0.39 is 0 Å². The Kier molecular flexibility index (Phi) is 6.70. The average Bonchev–Trinajstić information content (AvgIpc) is 3.15. The fourth-order valence-corrected chi connectivity index (χ4v) is 3.80. The Morgan fingerprint density at radius 1 is 1.08 bits per heavy atom. The molecule has 2 fully saturated rings. The molecule has 25 heavy (non-hydrogen) atoms. The summed E-state index contributed by atoms with van der Waals surface area (Å²) < 4.78 is 11.4. The first-order valence-corrected chi connectivity index (χ1v) is 9.50. The molecule has 5 nitrogen and oxygen atoms in total. The van der Waals surface area contributed by atoms with E-state index in [1.165, 1.54) is 25.7 Å². The number of piperidine rings is 1. The van der Waals surface area contributed by atoms with Crippen LogP contribution in [-0.2, 0) is 22.6 Å². The minimum atomic E-state index is 0.0199. The summed E-state index contributed by atoms with van der Waals surface area (Å²) in [6.07, 6.45) is 7.71. The van der Waals surface area contributed by atoms with Crippen LogP contribution in [0.3, 0.4) is 0 Å². The summed E-state index contributed by atoms with van der Waals surface area (Å²) in [6, 6.07) is 8.08. The van der Waals surface area contributed by atoms with Crippen molar-refractivity contribution in [3.05, 3.63) is 35.4 Å². The van der Waals surface area contributed by atoms with Crippen molar-refractivity contribution in [2.24, 2.45) is 0 Å². The lowest BCUT2D eigenvalue weighted by Crippen LogP contribution is -2.46. The Hall–Kier alpha value is -1.59. The lowest BCUT2D eigenvalue weighted by Gasteiger charge is -2.33. The quantitative estimate of drug-likeness (QED) is 0.858. The van der Waals surface area contributed by atoms with E-state index in [1.54, 1.807) is 7.11 Å². The topological polar surface area (TPSA) is 50.8 Å². The number of nitrogens with zero attached hydrogens (tertiary/aromatic N) is 1. The number of likely N-dealkylation sites (tertiary alicyclic amines) is 1. The molecule has 0 atom stereocenters. The molecule has 1 saturated carbocycles. The molecule has 1 aromatic rings. The zero-order valence-corrected chi connectivity index (χ0v) is 15.2. The van der Waals surface area contributed by atoms with Crippen LogP contribution in [0, 0.1) is 0 Å². The van der Waals surface area contributed by atoms with Gasteiger partial charge in [-0.3, -0.25) is 0 Å². The van der Waals surface area contributed by atoms with Crippen LogP contribution in [0.2, 0.25) is 0 Å². The Bertz CT molecular complexity index is 550. The average molecular weight is 346 g/mol. The number of carbonyl (C=O) groups excluding carboxylic acids is 1. The van der Waals surface area contributed by atoms with E-state index in [1.807, 2.05) is 29.2 Å². The zero-order chi connectivity index (χ0) is 17.5. The summed E-state index contributed by atoms with van der Waals surface area (Å²) >= 11 is 0. The highest BCUT2D eigenvalue weighted by atomic mass is 16.5. The summed E-state index contributed by atoms with van der Waals surface area (Å²) in [7, 11) is 1.69. The molecule has 0 unspecified atom stereocenters. The number of methoxy groups -OCH3 is 1. The summed E-state index contributed by atoms with van der Waals surface area (Å²) in [5, 5.41) is 3.05. The molecule has 138 valence electrons. The van der Waals surface area contributed by atoms with Crippen LogP contribution in [-0.4, -0.2) is 43.3 Å². The molecule has 3 rings (SSSR count). The van der Waals surface area contributed by atoms with E-state index in [0.29, 0.717) is 25.4 Å². The van der Waals surface area contributed by atoms with Crippen LogP contribution in [0.5, 0.6) is 0 Å². The number of hydrogen-bond acceptors (Lipinski definition) is 3. The van der Waals surface area contributed by atoms with Crippen molar-refractivity contribution >= 4 is 6.03 Å². The molecule has 1 aromatic carbocycles. The number of hydrogen-bond donors (Lipinski definition) is 1. The van der Waals surface area contributed by atoms with Gasteiger partial charge < -0.3 is 19.7 Å². The third-order valence-electron chi connectivity index (χ3n) is 5.26. The second kappa shape index (κ2) is 9.20. The fraction of sp³-hybridized carbons (Fsp3) is 0.650. The lowest BCUT2D eigenvalue weighted by molar-refractivity contribution is -0.0338. The molecule has 1 heterocycles. The van der Waals surface area contributed by atoms with Crippen molar-refractivity contribution in [3.8, 4) is 0 Å². The van der Waals surface area contributed by atoms with E-state index in [2.05, 4.69) is 5.32 Å². The normalized spacial score (nSPS) is 19.3. The summed E-state index contributed by atoms with van der Waals surface area (Å²) in [4.78, 5) is 14.3. The standard InChI is InChI=1S/C20H30N2O3/c1-24-15-17-7-3-2-6-16(17)14-21-20(23)22-12-10-19(11-13-22)25-18-8-4-5-9-18/h2-3,6-7,18-19H,4-5,8-15H2,1H3,(H,21,23). The van der Waals surface area contributed by atoms with E-state index in [-0.39, 0.29) is 6.03 Å². The number of urea groups is 1. The third-order valence-corrected chi connectivity index (χ3v) is 5.26. The highest BCUT2D eigenvalue weighted by Crippen LogP contribution is 2.25. The lowest BCUT2D eigenvalue weighted by atomic mass is 10.1. The molecule has 1 aliphatic carbocycles. The summed E-state index contributed by atoms with van der Waals surface area (Å²) in [6.45, 7) is 2.67. The molecule has 1 aliphatic heterocycles. The van der Waals surface area contributed by atoms with Gasteiger partial charge in [-0.15, -0.1) is 0 Å². The first kappa shape index (κ1) is 18.2. The Morgan fingerprint density at radius 2 is 1.72 bits per heavy atom. The van der Waals surface area contributed by atoms with Gasteiger partial charge in [-0.2, -0.15) is 0 Å². The third kappa shape index (κ3) is 5.19. The van der Waals surface area contributed by atoms with E-state index >= 15 is 0 Å². The Labute approximate surface area is 150 Å². The molecule has 0 aromatic heterocycles. The van der Waals surface area contributed by atoms with Crippen molar-refractivity contribution in [2.45, 2.75) is 63.9 Å². The van der Waals surface area contributed by atoms with Crippen LogP contribution in [0.1, 0.15) is 49.7 Å². The van der Waals surface area contributed by atoms with Gasteiger partial charge >= 0.3 is 6.03 Å². The van der Waals surface area contributed by atoms with Crippen LogP contribution >= 0.6 is 0 Å². The van der Waals surface area contributed by atoms with Crippen molar-refractivity contribution in [3.63, 3.8) is 0 Å². The zero-order valence-electron chi connectivity index (χ0n) is 15.2. The molecule has 5 heteroatoms. The number of rotatable bonds is 6. The van der Waals surface area contributed by atoms with Crippen LogP contribution < -0.4 is 5.32 Å². The maximum absolute atomic E-state index is 12.4. The molecule has 0 radical (unpaired) electrons. The molecule has 0 bridgehead atoms. The second-order valence-corrected chi connectivity index (χ2v) is 7.09. The van der Waals surface area contributed by atoms with E-state index in [9.17, 15) is 4.79 Å². The SMILES string of the molecule is COCc1ccccc1CNC(=O)N1CCC(OC2CCCC2)CC1. The molecule has 2 amide bonds. The summed E-state index contributed by atoms with van der Waals surface area (Å²) in [5.41, 5.74) is 2.23. The maximum atomic E-state index is 12.4. The van der Waals surface area contributed by atoms with E-state index in [0.717, 1.165) is 37.1 Å². The van der Waals surface area contributed by atoms with Gasteiger partial charge in [-0.05, 0) is 36.8 Å². The first-order valence-electron chi connectivity index (χ1n) is 9.50. The fourth-order valence-electron chi connectivity index (χ4n) is 3.80. The highest BCUT2D eigenvalue weighted by Gasteiger charge is 2.26. The number of amides is 2. The van der Waals surface area contributed by atoms with Gasteiger partial charge in [0.1, 0.15) is 0 Å². The van der Waals surface area contributed by atoms with Gasteiger partial charge in [-0.25, -0.2) is 4.79 Å². The smallest absolute Gasteiger partial charge is 0.317 e. The monoisotopic (exact) mass is 346 g/mol. The number of carbonyl (C=O) groups is 1. The van der Waals surface area contributed by atoms with Gasteiger partial charge in [0, 0.05) is 26.7 Å². The molecular formula is C20H30N2O3. The van der Waals surface area contributed by atoms with Crippen LogP contribution in [0.25, 0.3) is 0 Å². The van der Waals surface area contributed by atoms with Crippen molar-refractivity contribution < 1.29 is 14.3 Å². The molecule has 1 N–H and O–H groups in total. The summed E-state index contributed by atoms with van der Waals surface area (Å²) in [5.74, 6) is 0. The molecule has 1 saturated heterocycles. The van der Waals surface area contributed by atoms with Crippen molar-refractivity contribution in [1.82, 2.24) is 10.2 Å². The minimum absolute atomic E-state index is 0.0199. The molecule has 0 spiro atoms. The first-order chi connectivity index (χ1) is 12.3. The minimum Gasteiger partial charge on any atom is -0.380 e. The van der Waals surface area contributed by atoms with Crippen molar-refractivity contribution in [2.75, 3.05) is 20.2 Å². The number of nitrogens with one attached hydrogen (secondary N) is 1. The largest absolute Gasteiger partial charge is 0.380 e. The Morgan fingerprint density at radius 3 is 2.40 bits per heavy atom. The van der Waals surface area contributed by atoms with Gasteiger partial charge in [0.25, 0.3) is 0 Å². The van der Waals surface area contributed by atoms with Gasteiger partial charge in [0.15, 0.2) is 0 Å². The van der Waals surface area contributed by atoms with Crippen molar-refractivity contribution in [1.29, 1.82) is 0 Å². The predicted molar refractivity (Wildman–Crippen MR) is 97.3 cm³/mol.